The number of benzene rings is 1. The molecule has 1 saturated carbocycles. The molecule has 8 heteroatoms. The lowest BCUT2D eigenvalue weighted by Crippen LogP contribution is -2.46. The van der Waals surface area contributed by atoms with Gasteiger partial charge in [0.2, 0.25) is 5.91 Å². The molecule has 1 aromatic carbocycles. The van der Waals surface area contributed by atoms with Gasteiger partial charge in [-0.3, -0.25) is 9.59 Å². The van der Waals surface area contributed by atoms with E-state index in [9.17, 15) is 9.59 Å². The molecule has 0 radical (unpaired) electrons. The summed E-state index contributed by atoms with van der Waals surface area (Å²) < 4.78 is 2.76. The van der Waals surface area contributed by atoms with Crippen LogP contribution in [0.5, 0.6) is 0 Å². The minimum absolute atomic E-state index is 0.00126. The van der Waals surface area contributed by atoms with E-state index in [0.717, 1.165) is 22.9 Å². The Balaban J connectivity index is 1.35. The summed E-state index contributed by atoms with van der Waals surface area (Å²) in [7, 11) is 0. The van der Waals surface area contributed by atoms with E-state index in [-0.39, 0.29) is 23.8 Å². The number of amides is 2. The highest BCUT2D eigenvalue weighted by Crippen LogP contribution is 2.52. The molecule has 2 amide bonds. The number of hydrogen-bond donors (Lipinski definition) is 1. The van der Waals surface area contributed by atoms with E-state index < -0.39 is 0 Å². The van der Waals surface area contributed by atoms with Crippen LogP contribution in [-0.2, 0) is 10.2 Å². The van der Waals surface area contributed by atoms with Gasteiger partial charge in [0.15, 0.2) is 5.65 Å². The highest BCUT2D eigenvalue weighted by Gasteiger charge is 2.51. The zero-order chi connectivity index (χ0) is 18.6. The summed E-state index contributed by atoms with van der Waals surface area (Å²) in [4.78, 5) is 35.4. The van der Waals surface area contributed by atoms with Crippen molar-refractivity contribution in [2.45, 2.75) is 18.3 Å². The molecule has 0 saturated heterocycles. The number of imidazole rings is 1. The Bertz CT molecular complexity index is 1090. The normalized spacial score (nSPS) is 17.2. The number of carbonyl (C=O) groups excluding carboxylic acids is 2. The summed E-state index contributed by atoms with van der Waals surface area (Å²) in [6.45, 7) is 0.594. The van der Waals surface area contributed by atoms with Crippen LogP contribution < -0.4 is 5.32 Å². The van der Waals surface area contributed by atoms with Gasteiger partial charge in [-0.15, -0.1) is 0 Å². The third-order valence-corrected chi connectivity index (χ3v) is 5.79. The first kappa shape index (κ1) is 16.4. The molecule has 3 heterocycles. The molecule has 136 valence electrons. The molecule has 1 spiro atoms. The molecule has 1 aliphatic carbocycles. The van der Waals surface area contributed by atoms with Crippen molar-refractivity contribution in [1.29, 1.82) is 0 Å². The predicted octanol–water partition coefficient (Wildman–Crippen LogP) is 2.62. The van der Waals surface area contributed by atoms with E-state index in [0.29, 0.717) is 23.6 Å². The van der Waals surface area contributed by atoms with Crippen molar-refractivity contribution in [1.82, 2.24) is 19.3 Å². The molecule has 7 nitrogen and oxygen atoms in total. The van der Waals surface area contributed by atoms with Crippen molar-refractivity contribution >= 4 is 39.2 Å². The lowest BCUT2D eigenvalue weighted by molar-refractivity contribution is -0.117. The van der Waals surface area contributed by atoms with Gasteiger partial charge in [0, 0.05) is 34.4 Å². The lowest BCUT2D eigenvalue weighted by Gasteiger charge is -2.34. The van der Waals surface area contributed by atoms with Crippen molar-refractivity contribution < 1.29 is 9.59 Å². The van der Waals surface area contributed by atoms with Gasteiger partial charge in [-0.2, -0.15) is 0 Å². The Kier molecular flexibility index (Phi) is 3.58. The Morgan fingerprint density at radius 2 is 2.15 bits per heavy atom. The second-order valence-electron chi connectivity index (χ2n) is 7.14. The Morgan fingerprint density at radius 3 is 2.96 bits per heavy atom. The highest BCUT2D eigenvalue weighted by atomic mass is 79.9. The molecule has 0 unspecified atom stereocenters. The fourth-order valence-electron chi connectivity index (χ4n) is 3.79. The Hall–Kier alpha value is -2.74. The second kappa shape index (κ2) is 5.88. The van der Waals surface area contributed by atoms with Crippen LogP contribution >= 0.6 is 15.9 Å². The summed E-state index contributed by atoms with van der Waals surface area (Å²) in [6.07, 6.45) is 8.83. The van der Waals surface area contributed by atoms with E-state index in [1.165, 1.54) is 0 Å². The number of anilines is 1. The molecule has 5 rings (SSSR count). The fraction of sp³-hybridized carbons (Fsp3) is 0.263. The fourth-order valence-corrected chi connectivity index (χ4v) is 4.15. The van der Waals surface area contributed by atoms with Crippen LogP contribution in [0.4, 0.5) is 5.82 Å². The van der Waals surface area contributed by atoms with Crippen molar-refractivity contribution in [3.8, 4) is 0 Å². The maximum absolute atomic E-state index is 12.9. The number of nitrogens with zero attached hydrogens (tertiary/aromatic N) is 4. The number of rotatable bonds is 3. The maximum Gasteiger partial charge on any atom is 0.254 e. The first-order valence-electron chi connectivity index (χ1n) is 8.72. The first-order valence-corrected chi connectivity index (χ1v) is 9.51. The van der Waals surface area contributed by atoms with Crippen molar-refractivity contribution in [2.24, 2.45) is 0 Å². The maximum atomic E-state index is 12.9. The molecular formula is C19H16BrN5O2. The molecule has 0 atom stereocenters. The SMILES string of the molecule is O=C(CN1CC2(CC2)c2cc(Br)ccc2C1=O)Nc1cn2ccnc2cn1. The molecule has 1 N–H and O–H groups in total. The van der Waals surface area contributed by atoms with Gasteiger partial charge in [0.25, 0.3) is 5.91 Å². The number of nitrogens with one attached hydrogen (secondary N) is 1. The molecule has 1 fully saturated rings. The lowest BCUT2D eigenvalue weighted by atomic mass is 9.86. The van der Waals surface area contributed by atoms with Crippen molar-refractivity contribution in [3.05, 3.63) is 58.6 Å². The number of hydrogen-bond acceptors (Lipinski definition) is 4. The van der Waals surface area contributed by atoms with Gasteiger partial charge in [-0.1, -0.05) is 15.9 Å². The Labute approximate surface area is 163 Å². The van der Waals surface area contributed by atoms with E-state index in [1.54, 1.807) is 34.1 Å². The quantitative estimate of drug-likeness (QED) is 0.699. The smallest absolute Gasteiger partial charge is 0.254 e. The number of carbonyl (C=O) groups is 2. The molecule has 0 bridgehead atoms. The molecule has 2 aromatic heterocycles. The van der Waals surface area contributed by atoms with Crippen LogP contribution in [0, 0.1) is 0 Å². The minimum Gasteiger partial charge on any atom is -0.328 e. The van der Waals surface area contributed by atoms with Crippen molar-refractivity contribution in [2.75, 3.05) is 18.4 Å². The third kappa shape index (κ3) is 2.80. The number of halogens is 1. The van der Waals surface area contributed by atoms with Crippen molar-refractivity contribution in [3.63, 3.8) is 0 Å². The van der Waals surface area contributed by atoms with E-state index in [4.69, 9.17) is 0 Å². The first-order chi connectivity index (χ1) is 13.0. The summed E-state index contributed by atoms with van der Waals surface area (Å²) >= 11 is 3.49. The largest absolute Gasteiger partial charge is 0.328 e. The molecule has 3 aromatic rings. The Morgan fingerprint density at radius 1 is 1.30 bits per heavy atom. The monoisotopic (exact) mass is 425 g/mol. The summed E-state index contributed by atoms with van der Waals surface area (Å²) in [5.41, 5.74) is 2.51. The van der Waals surface area contributed by atoms with Crippen LogP contribution in [-0.4, -0.2) is 44.2 Å². The predicted molar refractivity (Wildman–Crippen MR) is 103 cm³/mol. The minimum atomic E-state index is -0.258. The zero-order valence-corrected chi connectivity index (χ0v) is 15.9. The van der Waals surface area contributed by atoms with Gasteiger partial charge in [0.05, 0.1) is 12.4 Å². The number of fused-ring (bicyclic) bond motifs is 3. The molecule has 2 aliphatic rings. The van der Waals surface area contributed by atoms with Gasteiger partial charge in [0.1, 0.15) is 12.4 Å². The highest BCUT2D eigenvalue weighted by molar-refractivity contribution is 9.10. The summed E-state index contributed by atoms with van der Waals surface area (Å²) in [6, 6.07) is 5.77. The zero-order valence-electron chi connectivity index (χ0n) is 14.4. The van der Waals surface area contributed by atoms with Gasteiger partial charge < -0.3 is 14.6 Å². The van der Waals surface area contributed by atoms with Gasteiger partial charge >= 0.3 is 0 Å². The standard InChI is InChI=1S/C19H16BrN5O2/c20-12-1-2-13-14(7-12)19(3-4-19)11-25(18(13)27)10-17(26)23-15-9-24-6-5-21-16(24)8-22-15/h1-2,5-9H,3-4,10-11H2,(H,23,26). The summed E-state index contributed by atoms with van der Waals surface area (Å²) in [5, 5.41) is 2.77. The third-order valence-electron chi connectivity index (χ3n) is 5.30. The van der Waals surface area contributed by atoms with E-state index in [2.05, 4.69) is 31.2 Å². The topological polar surface area (TPSA) is 79.6 Å². The van der Waals surface area contributed by atoms with E-state index >= 15 is 0 Å². The van der Waals surface area contributed by atoms with Crippen LogP contribution in [0.3, 0.4) is 0 Å². The van der Waals surface area contributed by atoms with Gasteiger partial charge in [-0.25, -0.2) is 9.97 Å². The van der Waals surface area contributed by atoms with Gasteiger partial charge in [-0.05, 0) is 36.6 Å². The average molecular weight is 426 g/mol. The summed E-state index contributed by atoms with van der Waals surface area (Å²) in [5.74, 6) is 0.0790. The molecular weight excluding hydrogens is 410 g/mol. The van der Waals surface area contributed by atoms with Crippen LogP contribution in [0.1, 0.15) is 28.8 Å². The molecule has 1 aliphatic heterocycles. The average Bonchev–Trinajstić information content (AvgIpc) is 3.26. The molecule has 27 heavy (non-hydrogen) atoms. The number of aromatic nitrogens is 3. The van der Waals surface area contributed by atoms with Crippen LogP contribution in [0.15, 0.2) is 47.5 Å². The van der Waals surface area contributed by atoms with Crippen LogP contribution in [0.2, 0.25) is 0 Å². The second-order valence-corrected chi connectivity index (χ2v) is 8.06. The van der Waals surface area contributed by atoms with Crippen LogP contribution in [0.25, 0.3) is 5.65 Å². The van der Waals surface area contributed by atoms with E-state index in [1.807, 2.05) is 18.2 Å².